The second-order valence-electron chi connectivity index (χ2n) is 8.34. The smallest absolute Gasteiger partial charge is 0.305 e. The van der Waals surface area contributed by atoms with Gasteiger partial charge in [0.2, 0.25) is 0 Å². The fourth-order valence-corrected chi connectivity index (χ4v) is 3.33. The first-order valence-corrected chi connectivity index (χ1v) is 13.1. The molecule has 0 aliphatic rings. The zero-order chi connectivity index (χ0) is 24.1. The Labute approximate surface area is 205 Å². The molecule has 33 heavy (non-hydrogen) atoms. The molecule has 0 aromatic rings. The molecule has 0 heterocycles. The summed E-state index contributed by atoms with van der Waals surface area (Å²) in [6.07, 6.45) is 38.8. The van der Waals surface area contributed by atoms with Crippen LogP contribution in [0.15, 0.2) is 61.3 Å². The average Bonchev–Trinajstić information content (AvgIpc) is 2.83. The Bertz CT molecular complexity index is 625. The van der Waals surface area contributed by atoms with E-state index in [1.807, 2.05) is 18.2 Å². The highest BCUT2D eigenvalue weighted by Crippen LogP contribution is 2.12. The third-order valence-corrected chi connectivity index (χ3v) is 5.34. The van der Waals surface area contributed by atoms with Gasteiger partial charge in [0.15, 0.2) is 0 Å². The van der Waals surface area contributed by atoms with Crippen molar-refractivity contribution in [3.8, 4) is 11.8 Å². The van der Waals surface area contributed by atoms with Gasteiger partial charge < -0.3 is 4.74 Å². The maximum Gasteiger partial charge on any atom is 0.305 e. The van der Waals surface area contributed by atoms with Crippen molar-refractivity contribution in [1.82, 2.24) is 0 Å². The molecule has 0 unspecified atom stereocenters. The summed E-state index contributed by atoms with van der Waals surface area (Å²) in [6, 6.07) is 0. The number of allylic oxidation sites excluding steroid dienone is 9. The Balaban J connectivity index is 3.34. The Morgan fingerprint density at radius 2 is 1.33 bits per heavy atom. The Kier molecular flexibility index (Phi) is 25.9. The highest BCUT2D eigenvalue weighted by Gasteiger charge is 1.99. The maximum absolute atomic E-state index is 11.0. The fourth-order valence-electron chi connectivity index (χ4n) is 3.33. The van der Waals surface area contributed by atoms with E-state index >= 15 is 0 Å². The molecular weight excluding hydrogens is 404 g/mol. The first-order chi connectivity index (χ1) is 16.3. The van der Waals surface area contributed by atoms with Crippen molar-refractivity contribution >= 4 is 5.97 Å². The van der Waals surface area contributed by atoms with Crippen molar-refractivity contribution < 1.29 is 9.53 Å². The molecule has 0 amide bonds. The Morgan fingerprint density at radius 1 is 0.727 bits per heavy atom. The van der Waals surface area contributed by atoms with Crippen molar-refractivity contribution in [3.05, 3.63) is 61.3 Å². The molecule has 0 N–H and O–H groups in total. The quantitative estimate of drug-likeness (QED) is 0.0570. The van der Waals surface area contributed by atoms with E-state index < -0.39 is 0 Å². The SMILES string of the molecule is C=CCCC#CC=CC=CCCC=CCC=CCCCCCCCCCCCCC(=O)OC. The van der Waals surface area contributed by atoms with Crippen LogP contribution in [0, 0.1) is 11.8 Å². The molecular formula is C31H48O2. The molecule has 0 aliphatic carbocycles. The standard InChI is InChI=1S/C31H48O2/c1-3-4-5-6-7-8-9-10-11-12-13-14-15-16-17-18-19-20-21-22-23-24-25-26-27-28-29-30-31(32)33-2/h3,8-11,14-15,17-18H,1,4-5,12-13,16,19-30H2,2H3. The minimum absolute atomic E-state index is 0.0774. The van der Waals surface area contributed by atoms with Crippen molar-refractivity contribution in [3.63, 3.8) is 0 Å². The van der Waals surface area contributed by atoms with Gasteiger partial charge in [-0.25, -0.2) is 0 Å². The van der Waals surface area contributed by atoms with Crippen LogP contribution < -0.4 is 0 Å². The number of hydrogen-bond acceptors (Lipinski definition) is 2. The summed E-state index contributed by atoms with van der Waals surface area (Å²) >= 11 is 0. The summed E-state index contributed by atoms with van der Waals surface area (Å²) in [7, 11) is 1.46. The van der Waals surface area contributed by atoms with Crippen LogP contribution in [0.3, 0.4) is 0 Å². The first-order valence-electron chi connectivity index (χ1n) is 13.1. The summed E-state index contributed by atoms with van der Waals surface area (Å²) in [6.45, 7) is 3.68. The number of hydrogen-bond donors (Lipinski definition) is 0. The largest absolute Gasteiger partial charge is 0.469 e. The predicted molar refractivity (Wildman–Crippen MR) is 145 cm³/mol. The zero-order valence-corrected chi connectivity index (χ0v) is 21.2. The number of rotatable bonds is 21. The molecule has 0 aromatic heterocycles. The van der Waals surface area contributed by atoms with E-state index in [0.717, 1.165) is 44.9 Å². The van der Waals surface area contributed by atoms with Crippen LogP contribution in [-0.4, -0.2) is 13.1 Å². The van der Waals surface area contributed by atoms with Gasteiger partial charge in [0.25, 0.3) is 0 Å². The number of esters is 1. The number of carbonyl (C=O) groups excluding carboxylic acids is 1. The summed E-state index contributed by atoms with van der Waals surface area (Å²) in [5.41, 5.74) is 0. The van der Waals surface area contributed by atoms with Gasteiger partial charge in [-0.2, -0.15) is 0 Å². The predicted octanol–water partition coefficient (Wildman–Crippen LogP) is 9.21. The van der Waals surface area contributed by atoms with E-state index in [9.17, 15) is 4.79 Å². The van der Waals surface area contributed by atoms with Gasteiger partial charge >= 0.3 is 5.97 Å². The molecule has 0 bridgehead atoms. The van der Waals surface area contributed by atoms with Crippen LogP contribution in [0.4, 0.5) is 0 Å². The van der Waals surface area contributed by atoms with Gasteiger partial charge in [-0.3, -0.25) is 4.79 Å². The van der Waals surface area contributed by atoms with Crippen molar-refractivity contribution in [1.29, 1.82) is 0 Å². The lowest BCUT2D eigenvalue weighted by Gasteiger charge is -2.02. The van der Waals surface area contributed by atoms with Crippen LogP contribution in [0.5, 0.6) is 0 Å². The summed E-state index contributed by atoms with van der Waals surface area (Å²) in [4.78, 5) is 11.0. The average molecular weight is 453 g/mol. The number of unbranched alkanes of at least 4 members (excludes halogenated alkanes) is 12. The molecule has 0 rings (SSSR count). The van der Waals surface area contributed by atoms with Crippen molar-refractivity contribution in [2.45, 2.75) is 109 Å². The third kappa shape index (κ3) is 27.7. The maximum atomic E-state index is 11.0. The molecule has 0 saturated carbocycles. The molecule has 0 aromatic carbocycles. The second kappa shape index (κ2) is 27.8. The second-order valence-corrected chi connectivity index (χ2v) is 8.34. The van der Waals surface area contributed by atoms with Crippen molar-refractivity contribution in [2.24, 2.45) is 0 Å². The lowest BCUT2D eigenvalue weighted by atomic mass is 10.1. The lowest BCUT2D eigenvalue weighted by molar-refractivity contribution is -0.140. The number of ether oxygens (including phenoxy) is 1. The van der Waals surface area contributed by atoms with E-state index in [4.69, 9.17) is 0 Å². The van der Waals surface area contributed by atoms with E-state index in [1.165, 1.54) is 64.9 Å². The highest BCUT2D eigenvalue weighted by molar-refractivity contribution is 5.68. The number of carbonyl (C=O) groups is 1. The zero-order valence-electron chi connectivity index (χ0n) is 21.2. The van der Waals surface area contributed by atoms with Crippen LogP contribution in [0.1, 0.15) is 109 Å². The van der Waals surface area contributed by atoms with E-state index in [-0.39, 0.29) is 5.97 Å². The van der Waals surface area contributed by atoms with E-state index in [0.29, 0.717) is 6.42 Å². The molecule has 0 saturated heterocycles. The molecule has 0 spiro atoms. The molecule has 0 aliphatic heterocycles. The van der Waals surface area contributed by atoms with Gasteiger partial charge in [-0.1, -0.05) is 112 Å². The van der Waals surface area contributed by atoms with E-state index in [1.54, 1.807) is 0 Å². The Morgan fingerprint density at radius 3 is 2.00 bits per heavy atom. The topological polar surface area (TPSA) is 26.3 Å². The van der Waals surface area contributed by atoms with Crippen LogP contribution in [0.25, 0.3) is 0 Å². The molecule has 2 heteroatoms. The van der Waals surface area contributed by atoms with E-state index in [2.05, 4.69) is 59.6 Å². The minimum atomic E-state index is -0.0774. The Hall–Kier alpha value is -2.27. The third-order valence-electron chi connectivity index (χ3n) is 5.34. The number of methoxy groups -OCH3 is 1. The monoisotopic (exact) mass is 452 g/mol. The normalized spacial score (nSPS) is 11.5. The highest BCUT2D eigenvalue weighted by atomic mass is 16.5. The summed E-state index contributed by atoms with van der Waals surface area (Å²) in [5, 5.41) is 0. The molecule has 0 radical (unpaired) electrons. The molecule has 0 fully saturated rings. The lowest BCUT2D eigenvalue weighted by Crippen LogP contribution is -1.99. The van der Waals surface area contributed by atoms with Crippen LogP contribution in [-0.2, 0) is 9.53 Å². The summed E-state index contributed by atoms with van der Waals surface area (Å²) in [5.74, 6) is 6.03. The van der Waals surface area contributed by atoms with Gasteiger partial charge in [0.05, 0.1) is 7.11 Å². The molecule has 2 nitrogen and oxygen atoms in total. The van der Waals surface area contributed by atoms with Crippen LogP contribution in [0.2, 0.25) is 0 Å². The van der Waals surface area contributed by atoms with Crippen molar-refractivity contribution in [2.75, 3.05) is 7.11 Å². The molecule has 0 atom stereocenters. The summed E-state index contributed by atoms with van der Waals surface area (Å²) < 4.78 is 4.66. The first kappa shape index (κ1) is 30.7. The van der Waals surface area contributed by atoms with Gasteiger partial charge in [0, 0.05) is 12.8 Å². The van der Waals surface area contributed by atoms with Gasteiger partial charge in [0.1, 0.15) is 0 Å². The van der Waals surface area contributed by atoms with Gasteiger partial charge in [-0.15, -0.1) is 6.58 Å². The minimum Gasteiger partial charge on any atom is -0.469 e. The molecule has 184 valence electrons. The van der Waals surface area contributed by atoms with Gasteiger partial charge in [-0.05, 0) is 51.0 Å². The van der Waals surface area contributed by atoms with Crippen LogP contribution >= 0.6 is 0 Å². The fraction of sp³-hybridized carbons (Fsp3) is 0.581.